The largest absolute Gasteiger partial charge is 0.310 e. The highest BCUT2D eigenvalue weighted by Crippen LogP contribution is 2.20. The molecule has 4 rings (SSSR count). The van der Waals surface area contributed by atoms with Crippen molar-refractivity contribution in [2.75, 3.05) is 5.32 Å². The van der Waals surface area contributed by atoms with Gasteiger partial charge in [-0.25, -0.2) is 4.68 Å². The van der Waals surface area contributed by atoms with Crippen molar-refractivity contribution in [1.29, 1.82) is 0 Å². The number of amides is 1. The minimum absolute atomic E-state index is 0.153. The fourth-order valence-electron chi connectivity index (χ4n) is 3.07. The number of benzene rings is 1. The van der Waals surface area contributed by atoms with E-state index in [1.807, 2.05) is 32.0 Å². The van der Waals surface area contributed by atoms with E-state index in [4.69, 9.17) is 0 Å². The Morgan fingerprint density at radius 3 is 2.57 bits per heavy atom. The molecule has 0 aliphatic carbocycles. The Labute approximate surface area is 172 Å². The maximum absolute atomic E-state index is 12.7. The number of H-pyrrole nitrogens is 1. The third kappa shape index (κ3) is 3.38. The number of fused-ring (bicyclic) bond motifs is 1. The van der Waals surface area contributed by atoms with Gasteiger partial charge in [0.25, 0.3) is 5.56 Å². The number of rotatable bonds is 4. The third-order valence-corrected chi connectivity index (χ3v) is 4.97. The average molecular weight is 405 g/mol. The van der Waals surface area contributed by atoms with Crippen LogP contribution in [0.5, 0.6) is 0 Å². The van der Waals surface area contributed by atoms with E-state index in [0.717, 1.165) is 11.3 Å². The Bertz CT molecular complexity index is 1330. The van der Waals surface area contributed by atoms with Crippen molar-refractivity contribution in [2.45, 2.75) is 34.6 Å². The number of nitrogens with one attached hydrogen (secondary N) is 2. The summed E-state index contributed by atoms with van der Waals surface area (Å²) < 4.78 is 3.05. The number of carbonyl (C=O) groups excluding carboxylic acids is 1. The number of aromatic nitrogens is 6. The predicted octanol–water partition coefficient (Wildman–Crippen LogP) is 2.81. The molecular weight excluding hydrogens is 382 g/mol. The molecule has 9 heteroatoms. The molecule has 0 unspecified atom stereocenters. The van der Waals surface area contributed by atoms with Crippen LogP contribution in [-0.4, -0.2) is 35.4 Å². The number of hydrogen-bond donors (Lipinski definition) is 2. The molecule has 0 aliphatic heterocycles. The van der Waals surface area contributed by atoms with Crippen molar-refractivity contribution in [1.82, 2.24) is 29.5 Å². The summed E-state index contributed by atoms with van der Waals surface area (Å²) in [6.45, 7) is 9.46. The maximum atomic E-state index is 12.7. The van der Waals surface area contributed by atoms with Gasteiger partial charge < -0.3 is 5.32 Å². The van der Waals surface area contributed by atoms with Crippen LogP contribution >= 0.6 is 0 Å². The number of aromatic amines is 1. The molecule has 0 spiro atoms. The Morgan fingerprint density at radius 2 is 1.87 bits per heavy atom. The normalized spacial score (nSPS) is 11.4. The lowest BCUT2D eigenvalue weighted by molar-refractivity contribution is -0.118. The molecule has 3 heterocycles. The fraction of sp³-hybridized carbons (Fsp3) is 0.286. The van der Waals surface area contributed by atoms with E-state index in [-0.39, 0.29) is 23.3 Å². The van der Waals surface area contributed by atoms with Crippen molar-refractivity contribution in [3.63, 3.8) is 0 Å². The van der Waals surface area contributed by atoms with Crippen LogP contribution in [0.4, 0.5) is 5.82 Å². The van der Waals surface area contributed by atoms with Crippen LogP contribution in [0, 0.1) is 26.7 Å². The zero-order valence-corrected chi connectivity index (χ0v) is 17.5. The lowest BCUT2D eigenvalue weighted by Gasteiger charge is -2.10. The summed E-state index contributed by atoms with van der Waals surface area (Å²) in [6.07, 6.45) is 1.50. The fourth-order valence-corrected chi connectivity index (χ4v) is 3.07. The molecule has 4 aromatic rings. The molecule has 1 aromatic carbocycles. The second-order valence-electron chi connectivity index (χ2n) is 7.68. The van der Waals surface area contributed by atoms with Crippen LogP contribution in [0.25, 0.3) is 22.7 Å². The molecule has 1 amide bonds. The first kappa shape index (κ1) is 19.6. The Balaban J connectivity index is 1.87. The Hall–Kier alpha value is -3.75. The molecule has 9 nitrogen and oxygen atoms in total. The van der Waals surface area contributed by atoms with Crippen molar-refractivity contribution in [3.8, 4) is 11.6 Å². The zero-order valence-electron chi connectivity index (χ0n) is 17.5. The van der Waals surface area contributed by atoms with Gasteiger partial charge in [-0.2, -0.15) is 19.9 Å². The van der Waals surface area contributed by atoms with Crippen LogP contribution in [0.2, 0.25) is 0 Å². The van der Waals surface area contributed by atoms with Crippen molar-refractivity contribution < 1.29 is 4.79 Å². The minimum atomic E-state index is -0.334. The molecule has 2 N–H and O–H groups in total. The number of carbonyl (C=O) groups is 1. The van der Waals surface area contributed by atoms with Crippen LogP contribution < -0.4 is 10.9 Å². The first-order chi connectivity index (χ1) is 14.2. The van der Waals surface area contributed by atoms with E-state index in [9.17, 15) is 9.59 Å². The van der Waals surface area contributed by atoms with E-state index in [0.29, 0.717) is 22.5 Å². The van der Waals surface area contributed by atoms with Crippen molar-refractivity contribution in [2.24, 2.45) is 5.92 Å². The van der Waals surface area contributed by atoms with Gasteiger partial charge in [0.1, 0.15) is 11.2 Å². The summed E-state index contributed by atoms with van der Waals surface area (Å²) in [7, 11) is 0. The third-order valence-electron chi connectivity index (χ3n) is 4.97. The standard InChI is InChI=1S/C21H23N7O2/c1-11(2)19(29)23-17-9-14(5)26-28(17)21-24-18-16(20(30)25-21)10-22-27(18)15-7-6-12(3)13(4)8-15/h6-11H,1-5H3,(H,23,29)(H,24,25,30). The number of aryl methyl sites for hydroxylation is 3. The van der Waals surface area contributed by atoms with E-state index < -0.39 is 0 Å². The highest BCUT2D eigenvalue weighted by Gasteiger charge is 2.18. The molecule has 0 aliphatic rings. The summed E-state index contributed by atoms with van der Waals surface area (Å²) in [4.78, 5) is 32.2. The van der Waals surface area contributed by atoms with Gasteiger partial charge in [-0.1, -0.05) is 19.9 Å². The smallest absolute Gasteiger partial charge is 0.263 e. The summed E-state index contributed by atoms with van der Waals surface area (Å²) in [5.74, 6) is 0.283. The molecule has 0 saturated carbocycles. The quantitative estimate of drug-likeness (QED) is 0.542. The Morgan fingerprint density at radius 1 is 1.10 bits per heavy atom. The summed E-state index contributed by atoms with van der Waals surface area (Å²) >= 11 is 0. The second-order valence-corrected chi connectivity index (χ2v) is 7.68. The van der Waals surface area contributed by atoms with Gasteiger partial charge in [-0.3, -0.25) is 14.6 Å². The molecule has 0 bridgehead atoms. The van der Waals surface area contributed by atoms with Gasteiger partial charge in [-0.05, 0) is 44.0 Å². The number of anilines is 1. The Kier molecular flexibility index (Phi) is 4.73. The predicted molar refractivity (Wildman–Crippen MR) is 114 cm³/mol. The van der Waals surface area contributed by atoms with Gasteiger partial charge in [-0.15, -0.1) is 0 Å². The van der Waals surface area contributed by atoms with Gasteiger partial charge in [0.2, 0.25) is 11.9 Å². The van der Waals surface area contributed by atoms with Gasteiger partial charge >= 0.3 is 0 Å². The first-order valence-electron chi connectivity index (χ1n) is 9.68. The van der Waals surface area contributed by atoms with Gasteiger partial charge in [0, 0.05) is 12.0 Å². The van der Waals surface area contributed by atoms with E-state index in [2.05, 4.69) is 25.5 Å². The topological polar surface area (TPSA) is 110 Å². The molecule has 154 valence electrons. The van der Waals surface area contributed by atoms with Crippen LogP contribution in [-0.2, 0) is 4.79 Å². The molecule has 30 heavy (non-hydrogen) atoms. The lowest BCUT2D eigenvalue weighted by atomic mass is 10.1. The molecule has 3 aromatic heterocycles. The minimum Gasteiger partial charge on any atom is -0.310 e. The van der Waals surface area contributed by atoms with Crippen LogP contribution in [0.1, 0.15) is 30.7 Å². The van der Waals surface area contributed by atoms with Gasteiger partial charge in [0.05, 0.1) is 17.6 Å². The molecule has 0 saturated heterocycles. The number of nitrogens with zero attached hydrogens (tertiary/aromatic N) is 5. The molecule has 0 atom stereocenters. The average Bonchev–Trinajstić information content (AvgIpc) is 3.27. The summed E-state index contributed by atoms with van der Waals surface area (Å²) in [5, 5.41) is 12.0. The lowest BCUT2D eigenvalue weighted by Crippen LogP contribution is -2.21. The van der Waals surface area contributed by atoms with Crippen LogP contribution in [0.3, 0.4) is 0 Å². The van der Waals surface area contributed by atoms with Crippen molar-refractivity contribution in [3.05, 3.63) is 57.6 Å². The van der Waals surface area contributed by atoms with Crippen molar-refractivity contribution >= 4 is 22.8 Å². The summed E-state index contributed by atoms with van der Waals surface area (Å²) in [6, 6.07) is 7.66. The zero-order chi connectivity index (χ0) is 21.6. The SMILES string of the molecule is Cc1cc(NC(=O)C(C)C)n(-c2nc3c(cnn3-c3ccc(C)c(C)c3)c(=O)[nH]2)n1. The second kappa shape index (κ2) is 7.25. The van der Waals surface area contributed by atoms with E-state index in [1.165, 1.54) is 16.4 Å². The van der Waals surface area contributed by atoms with E-state index >= 15 is 0 Å². The highest BCUT2D eigenvalue weighted by molar-refractivity contribution is 5.91. The first-order valence-corrected chi connectivity index (χ1v) is 9.68. The molecule has 0 fully saturated rings. The van der Waals surface area contributed by atoms with Gasteiger partial charge in [0.15, 0.2) is 5.65 Å². The number of hydrogen-bond acceptors (Lipinski definition) is 5. The monoisotopic (exact) mass is 405 g/mol. The highest BCUT2D eigenvalue weighted by atomic mass is 16.2. The van der Waals surface area contributed by atoms with E-state index in [1.54, 1.807) is 31.5 Å². The maximum Gasteiger partial charge on any atom is 0.263 e. The molecule has 0 radical (unpaired) electrons. The summed E-state index contributed by atoms with van der Waals surface area (Å²) in [5.41, 5.74) is 3.84. The molecular formula is C21H23N7O2. The van der Waals surface area contributed by atoms with Crippen LogP contribution in [0.15, 0.2) is 35.3 Å².